The van der Waals surface area contributed by atoms with Gasteiger partial charge in [-0.25, -0.2) is 9.78 Å². The first-order valence-corrected chi connectivity index (χ1v) is 9.29. The van der Waals surface area contributed by atoms with Crippen LogP contribution in [0.25, 0.3) is 11.3 Å². The molecule has 0 amide bonds. The number of aromatic hydroxyl groups is 1. The molecule has 1 aromatic carbocycles. The predicted octanol–water partition coefficient (Wildman–Crippen LogP) is 4.73. The zero-order chi connectivity index (χ0) is 17.1. The average Bonchev–Trinajstić information content (AvgIpc) is 3.16. The standard InChI is InChI=1S/C18H17NO3S2/c1-11(2)22-18(21)16-6-12(9-23-16)7-17-19-15(10-24-17)13-4-3-5-14(20)8-13/h3-6,8-11,20H,7H2,1-2H3. The molecule has 0 saturated carbocycles. The number of nitrogens with zero attached hydrogens (tertiary/aromatic N) is 1. The Bertz CT molecular complexity index is 851. The van der Waals surface area contributed by atoms with Gasteiger partial charge in [-0.05, 0) is 43.0 Å². The van der Waals surface area contributed by atoms with Crippen molar-refractivity contribution in [1.82, 2.24) is 4.98 Å². The van der Waals surface area contributed by atoms with Crippen molar-refractivity contribution in [2.75, 3.05) is 0 Å². The second kappa shape index (κ2) is 7.15. The lowest BCUT2D eigenvalue weighted by molar-refractivity contribution is 0.0383. The smallest absolute Gasteiger partial charge is 0.348 e. The van der Waals surface area contributed by atoms with E-state index in [1.807, 2.05) is 36.7 Å². The first-order valence-electron chi connectivity index (χ1n) is 7.53. The van der Waals surface area contributed by atoms with Gasteiger partial charge in [0.25, 0.3) is 0 Å². The molecule has 6 heteroatoms. The van der Waals surface area contributed by atoms with E-state index < -0.39 is 0 Å². The van der Waals surface area contributed by atoms with E-state index in [0.29, 0.717) is 11.3 Å². The van der Waals surface area contributed by atoms with Crippen LogP contribution in [0.3, 0.4) is 0 Å². The maximum absolute atomic E-state index is 11.9. The number of benzene rings is 1. The van der Waals surface area contributed by atoms with Crippen LogP contribution in [0.5, 0.6) is 5.75 Å². The molecule has 0 aliphatic heterocycles. The molecule has 0 atom stereocenters. The number of ether oxygens (including phenoxy) is 1. The lowest BCUT2D eigenvalue weighted by atomic mass is 10.1. The Balaban J connectivity index is 1.71. The summed E-state index contributed by atoms with van der Waals surface area (Å²) in [5.41, 5.74) is 2.79. The number of phenols is 1. The molecule has 0 saturated heterocycles. The summed E-state index contributed by atoms with van der Waals surface area (Å²) < 4.78 is 5.21. The Labute approximate surface area is 148 Å². The van der Waals surface area contributed by atoms with Crippen LogP contribution in [0, 0.1) is 0 Å². The first-order chi connectivity index (χ1) is 11.5. The van der Waals surface area contributed by atoms with Gasteiger partial charge in [-0.2, -0.15) is 0 Å². The molecular formula is C18H17NO3S2. The number of hydrogen-bond acceptors (Lipinski definition) is 6. The summed E-state index contributed by atoms with van der Waals surface area (Å²) in [6, 6.07) is 8.92. The van der Waals surface area contributed by atoms with Crippen molar-refractivity contribution in [2.45, 2.75) is 26.4 Å². The summed E-state index contributed by atoms with van der Waals surface area (Å²) in [4.78, 5) is 17.1. The van der Waals surface area contributed by atoms with Crippen LogP contribution in [0.1, 0.15) is 34.1 Å². The highest BCUT2D eigenvalue weighted by molar-refractivity contribution is 7.12. The van der Waals surface area contributed by atoms with Gasteiger partial charge in [0.1, 0.15) is 10.6 Å². The highest BCUT2D eigenvalue weighted by Crippen LogP contribution is 2.27. The Hall–Kier alpha value is -2.18. The fourth-order valence-electron chi connectivity index (χ4n) is 2.21. The molecule has 124 valence electrons. The van der Waals surface area contributed by atoms with Crippen molar-refractivity contribution in [3.05, 3.63) is 56.5 Å². The molecule has 0 spiro atoms. The zero-order valence-electron chi connectivity index (χ0n) is 13.4. The molecule has 0 aliphatic rings. The predicted molar refractivity (Wildman–Crippen MR) is 96.9 cm³/mol. The Kier molecular flexibility index (Phi) is 4.97. The van der Waals surface area contributed by atoms with Gasteiger partial charge in [0, 0.05) is 17.4 Å². The van der Waals surface area contributed by atoms with Crippen molar-refractivity contribution in [3.8, 4) is 17.0 Å². The second-order valence-corrected chi connectivity index (χ2v) is 7.48. The summed E-state index contributed by atoms with van der Waals surface area (Å²) >= 11 is 2.96. The van der Waals surface area contributed by atoms with Crippen LogP contribution in [-0.2, 0) is 11.2 Å². The molecule has 4 nitrogen and oxygen atoms in total. The topological polar surface area (TPSA) is 59.4 Å². The molecule has 2 heterocycles. The van der Waals surface area contributed by atoms with Crippen LogP contribution in [-0.4, -0.2) is 22.2 Å². The van der Waals surface area contributed by atoms with Crippen LogP contribution in [0.2, 0.25) is 0 Å². The number of rotatable bonds is 5. The Morgan fingerprint density at radius 2 is 2.08 bits per heavy atom. The summed E-state index contributed by atoms with van der Waals surface area (Å²) in [7, 11) is 0. The number of aromatic nitrogens is 1. The Morgan fingerprint density at radius 3 is 2.83 bits per heavy atom. The van der Waals surface area contributed by atoms with Gasteiger partial charge in [0.05, 0.1) is 16.8 Å². The van der Waals surface area contributed by atoms with Crippen molar-refractivity contribution < 1.29 is 14.6 Å². The Morgan fingerprint density at radius 1 is 1.25 bits per heavy atom. The number of carbonyl (C=O) groups excluding carboxylic acids is 1. The molecular weight excluding hydrogens is 342 g/mol. The number of esters is 1. The fourth-order valence-corrected chi connectivity index (χ4v) is 3.84. The summed E-state index contributed by atoms with van der Waals surface area (Å²) in [5, 5.41) is 14.5. The van der Waals surface area contributed by atoms with Gasteiger partial charge in [0.2, 0.25) is 0 Å². The van der Waals surface area contributed by atoms with Crippen molar-refractivity contribution in [2.24, 2.45) is 0 Å². The molecule has 0 bridgehead atoms. The normalized spacial score (nSPS) is 11.0. The maximum Gasteiger partial charge on any atom is 0.348 e. The van der Waals surface area contributed by atoms with E-state index in [-0.39, 0.29) is 17.8 Å². The number of carbonyl (C=O) groups is 1. The minimum absolute atomic E-state index is 0.119. The molecule has 0 radical (unpaired) electrons. The first kappa shape index (κ1) is 16.7. The molecule has 0 unspecified atom stereocenters. The quantitative estimate of drug-likeness (QED) is 0.669. The molecule has 3 aromatic rings. The van der Waals surface area contributed by atoms with Crippen LogP contribution >= 0.6 is 22.7 Å². The van der Waals surface area contributed by atoms with E-state index in [2.05, 4.69) is 4.98 Å². The van der Waals surface area contributed by atoms with E-state index in [9.17, 15) is 9.90 Å². The number of phenolic OH excluding ortho intramolecular Hbond substituents is 1. The van der Waals surface area contributed by atoms with E-state index in [1.54, 1.807) is 29.5 Å². The molecule has 2 aromatic heterocycles. The minimum Gasteiger partial charge on any atom is -0.508 e. The van der Waals surface area contributed by atoms with Gasteiger partial charge in [-0.15, -0.1) is 22.7 Å². The number of thiophene rings is 1. The molecule has 3 rings (SSSR count). The van der Waals surface area contributed by atoms with E-state index in [1.165, 1.54) is 11.3 Å². The van der Waals surface area contributed by atoms with Gasteiger partial charge in [-0.1, -0.05) is 12.1 Å². The van der Waals surface area contributed by atoms with Gasteiger partial charge in [0.15, 0.2) is 0 Å². The fraction of sp³-hybridized carbons (Fsp3) is 0.222. The van der Waals surface area contributed by atoms with E-state index in [4.69, 9.17) is 4.74 Å². The lowest BCUT2D eigenvalue weighted by Crippen LogP contribution is -2.10. The van der Waals surface area contributed by atoms with Crippen LogP contribution < -0.4 is 0 Å². The number of hydrogen-bond donors (Lipinski definition) is 1. The molecule has 1 N–H and O–H groups in total. The van der Waals surface area contributed by atoms with Crippen molar-refractivity contribution >= 4 is 28.6 Å². The highest BCUT2D eigenvalue weighted by atomic mass is 32.1. The zero-order valence-corrected chi connectivity index (χ0v) is 15.0. The second-order valence-electron chi connectivity index (χ2n) is 5.63. The van der Waals surface area contributed by atoms with Gasteiger partial charge in [-0.3, -0.25) is 0 Å². The van der Waals surface area contributed by atoms with E-state index in [0.717, 1.165) is 21.8 Å². The maximum atomic E-state index is 11.9. The van der Waals surface area contributed by atoms with Gasteiger partial charge < -0.3 is 9.84 Å². The summed E-state index contributed by atoms with van der Waals surface area (Å²) in [6.45, 7) is 3.68. The third-order valence-electron chi connectivity index (χ3n) is 3.25. The van der Waals surface area contributed by atoms with Crippen LogP contribution in [0.15, 0.2) is 41.1 Å². The third kappa shape index (κ3) is 4.01. The average molecular weight is 359 g/mol. The number of thiazole rings is 1. The van der Waals surface area contributed by atoms with Gasteiger partial charge >= 0.3 is 5.97 Å². The van der Waals surface area contributed by atoms with Crippen molar-refractivity contribution in [3.63, 3.8) is 0 Å². The van der Waals surface area contributed by atoms with Crippen LogP contribution in [0.4, 0.5) is 0 Å². The SMILES string of the molecule is CC(C)OC(=O)c1cc(Cc2nc(-c3cccc(O)c3)cs2)cs1. The molecule has 24 heavy (non-hydrogen) atoms. The molecule has 0 fully saturated rings. The third-order valence-corrected chi connectivity index (χ3v) is 5.05. The summed E-state index contributed by atoms with van der Waals surface area (Å²) in [6.07, 6.45) is 0.557. The highest BCUT2D eigenvalue weighted by Gasteiger charge is 2.13. The summed E-state index contributed by atoms with van der Waals surface area (Å²) in [5.74, 6) is -0.0472. The van der Waals surface area contributed by atoms with E-state index >= 15 is 0 Å². The largest absolute Gasteiger partial charge is 0.508 e. The molecule has 0 aliphatic carbocycles. The lowest BCUT2D eigenvalue weighted by Gasteiger charge is -2.05. The van der Waals surface area contributed by atoms with Crippen molar-refractivity contribution in [1.29, 1.82) is 0 Å². The monoisotopic (exact) mass is 359 g/mol. The minimum atomic E-state index is -0.277.